The van der Waals surface area contributed by atoms with Crippen LogP contribution in [0.2, 0.25) is 0 Å². The van der Waals surface area contributed by atoms with E-state index in [0.717, 1.165) is 17.4 Å². The Morgan fingerprint density at radius 1 is 1.08 bits per heavy atom. The molecule has 1 aromatic carbocycles. The number of carbonyl (C=O) groups is 3. The van der Waals surface area contributed by atoms with Crippen LogP contribution in [0.4, 0.5) is 0 Å². The fourth-order valence-electron chi connectivity index (χ4n) is 6.10. The molecule has 1 aliphatic heterocycles. The number of likely N-dealkylation sites (tertiary alicyclic amines) is 1. The van der Waals surface area contributed by atoms with Crippen molar-refractivity contribution in [2.75, 3.05) is 13.1 Å². The zero-order valence-electron chi connectivity index (χ0n) is 23.7. The van der Waals surface area contributed by atoms with Crippen molar-refractivity contribution in [1.82, 2.24) is 15.5 Å². The van der Waals surface area contributed by atoms with Crippen LogP contribution in [0.5, 0.6) is 0 Å². The lowest BCUT2D eigenvalue weighted by Crippen LogP contribution is -2.54. The van der Waals surface area contributed by atoms with Crippen molar-refractivity contribution in [3.63, 3.8) is 0 Å². The van der Waals surface area contributed by atoms with Gasteiger partial charge in [0.1, 0.15) is 11.6 Å². The molecule has 1 aliphatic carbocycles. The minimum absolute atomic E-state index is 0.0951. The molecule has 214 valence electrons. The van der Waals surface area contributed by atoms with Gasteiger partial charge in [0.15, 0.2) is 5.76 Å². The molecule has 2 heterocycles. The van der Waals surface area contributed by atoms with E-state index in [1.165, 1.54) is 32.1 Å². The van der Waals surface area contributed by atoms with Crippen molar-refractivity contribution in [2.24, 2.45) is 11.8 Å². The molecule has 3 atom stereocenters. The first-order chi connectivity index (χ1) is 18.7. The first-order valence-electron chi connectivity index (χ1n) is 14.8. The lowest BCUT2D eigenvalue weighted by atomic mass is 9.86. The van der Waals surface area contributed by atoms with Gasteiger partial charge in [-0.25, -0.2) is 0 Å². The summed E-state index contributed by atoms with van der Waals surface area (Å²) >= 11 is 0. The van der Waals surface area contributed by atoms with Crippen LogP contribution in [0.3, 0.4) is 0 Å². The molecule has 4 rings (SSSR count). The van der Waals surface area contributed by atoms with Gasteiger partial charge in [-0.1, -0.05) is 64.2 Å². The number of nitrogens with zero attached hydrogens (tertiary/aromatic N) is 1. The van der Waals surface area contributed by atoms with E-state index in [2.05, 4.69) is 10.6 Å². The molecule has 1 saturated carbocycles. The largest absolute Gasteiger partial charge is 0.451 e. The predicted octanol–water partition coefficient (Wildman–Crippen LogP) is 4.71. The molecule has 0 spiro atoms. The minimum Gasteiger partial charge on any atom is -0.451 e. The van der Waals surface area contributed by atoms with Gasteiger partial charge in [0.2, 0.25) is 11.8 Å². The molecule has 0 radical (unpaired) electrons. The summed E-state index contributed by atoms with van der Waals surface area (Å²) in [6, 6.07) is 6.22. The highest BCUT2D eigenvalue weighted by Gasteiger charge is 2.32. The van der Waals surface area contributed by atoms with E-state index >= 15 is 0 Å². The first-order valence-corrected chi connectivity index (χ1v) is 14.8. The molecule has 2 fully saturated rings. The molecule has 3 N–H and O–H groups in total. The molecule has 0 bridgehead atoms. The highest BCUT2D eigenvalue weighted by Crippen LogP contribution is 2.28. The Balaban J connectivity index is 1.35. The van der Waals surface area contributed by atoms with Crippen LogP contribution in [0.25, 0.3) is 11.0 Å². The summed E-state index contributed by atoms with van der Waals surface area (Å²) in [5.74, 6) is 0.345. The van der Waals surface area contributed by atoms with Crippen LogP contribution in [0.1, 0.15) is 94.2 Å². The van der Waals surface area contributed by atoms with Gasteiger partial charge in [-0.3, -0.25) is 14.4 Å². The quantitative estimate of drug-likeness (QED) is 0.427. The molecule has 8 nitrogen and oxygen atoms in total. The maximum Gasteiger partial charge on any atom is 0.287 e. The molecule has 2 unspecified atom stereocenters. The minimum atomic E-state index is -0.858. The summed E-state index contributed by atoms with van der Waals surface area (Å²) in [4.78, 5) is 41.2. The summed E-state index contributed by atoms with van der Waals surface area (Å²) in [6.45, 7) is 6.63. The molecular weight excluding hydrogens is 494 g/mol. The second-order valence-corrected chi connectivity index (χ2v) is 11.9. The van der Waals surface area contributed by atoms with E-state index in [1.54, 1.807) is 4.90 Å². The zero-order chi connectivity index (χ0) is 27.9. The van der Waals surface area contributed by atoms with Crippen molar-refractivity contribution in [1.29, 1.82) is 0 Å². The Morgan fingerprint density at radius 2 is 1.82 bits per heavy atom. The standard InChI is InChI=1S/C31H45N3O5/c1-20(2)18-25(33-31(38)29-21(3)23-12-7-8-14-27(23)39-29)30(37)32-24-13-9-17-34(19-26(24)35)28(36)16-15-22-10-5-4-6-11-22/h7-8,12,14,20,22,24-26,35H,4-6,9-11,13,15-19H2,1-3H3,(H,32,37)(H,33,38)/t24?,25?,26-/m0/s1. The van der Waals surface area contributed by atoms with Crippen LogP contribution in [-0.2, 0) is 9.59 Å². The zero-order valence-corrected chi connectivity index (χ0v) is 23.7. The van der Waals surface area contributed by atoms with Crippen LogP contribution < -0.4 is 10.6 Å². The van der Waals surface area contributed by atoms with Crippen LogP contribution in [0.15, 0.2) is 28.7 Å². The number of hydrogen-bond donors (Lipinski definition) is 3. The van der Waals surface area contributed by atoms with Gasteiger partial charge in [-0.2, -0.15) is 0 Å². The summed E-state index contributed by atoms with van der Waals surface area (Å²) in [6.07, 6.45) is 8.58. The van der Waals surface area contributed by atoms with Crippen LogP contribution in [-0.4, -0.2) is 59.0 Å². The average Bonchev–Trinajstić information content (AvgIpc) is 3.15. The van der Waals surface area contributed by atoms with Gasteiger partial charge < -0.3 is 25.1 Å². The third-order valence-electron chi connectivity index (χ3n) is 8.37. The SMILES string of the molecule is Cc1c(C(=O)NC(CC(C)C)C(=O)NC2CCCN(C(=O)CCC3CCCCC3)C[C@@H]2O)oc2ccccc12. The number of β-amino-alcohol motifs (C(OH)–C–C–N with tert-alkyl or cyclic N) is 1. The van der Waals surface area contributed by atoms with Gasteiger partial charge in [0.25, 0.3) is 5.91 Å². The van der Waals surface area contributed by atoms with E-state index in [-0.39, 0.29) is 30.0 Å². The van der Waals surface area contributed by atoms with Gasteiger partial charge in [-0.15, -0.1) is 0 Å². The number of rotatable bonds is 9. The second-order valence-electron chi connectivity index (χ2n) is 11.9. The molecule has 8 heteroatoms. The van der Waals surface area contributed by atoms with Crippen LogP contribution in [0, 0.1) is 18.8 Å². The molecule has 39 heavy (non-hydrogen) atoms. The summed E-state index contributed by atoms with van der Waals surface area (Å²) in [7, 11) is 0. The monoisotopic (exact) mass is 539 g/mol. The molecular formula is C31H45N3O5. The van der Waals surface area contributed by atoms with Crippen molar-refractivity contribution in [3.05, 3.63) is 35.6 Å². The van der Waals surface area contributed by atoms with E-state index in [0.29, 0.717) is 43.7 Å². The Kier molecular flexibility index (Phi) is 10.1. The second kappa shape index (κ2) is 13.5. The van der Waals surface area contributed by atoms with E-state index < -0.39 is 24.1 Å². The fraction of sp³-hybridized carbons (Fsp3) is 0.645. The van der Waals surface area contributed by atoms with Crippen molar-refractivity contribution in [3.8, 4) is 0 Å². The molecule has 1 saturated heterocycles. The normalized spacial score (nSPS) is 21.5. The third-order valence-corrected chi connectivity index (χ3v) is 8.37. The molecule has 2 aliphatic rings. The number of para-hydroxylation sites is 1. The molecule has 3 amide bonds. The number of hydrogen-bond acceptors (Lipinski definition) is 5. The molecule has 2 aromatic rings. The highest BCUT2D eigenvalue weighted by atomic mass is 16.3. The van der Waals surface area contributed by atoms with Gasteiger partial charge >= 0.3 is 0 Å². The lowest BCUT2D eigenvalue weighted by Gasteiger charge is -2.28. The molecule has 1 aromatic heterocycles. The van der Waals surface area contributed by atoms with Gasteiger partial charge in [0.05, 0.1) is 12.1 Å². The number of benzene rings is 1. The van der Waals surface area contributed by atoms with Gasteiger partial charge in [-0.05, 0) is 50.5 Å². The van der Waals surface area contributed by atoms with Gasteiger partial charge in [0, 0.05) is 30.5 Å². The Bertz CT molecular complexity index is 1140. The topological polar surface area (TPSA) is 112 Å². The highest BCUT2D eigenvalue weighted by molar-refractivity contribution is 6.00. The number of aliphatic hydroxyl groups is 1. The Morgan fingerprint density at radius 3 is 2.54 bits per heavy atom. The number of carbonyl (C=O) groups excluding carboxylic acids is 3. The maximum atomic E-state index is 13.4. The van der Waals surface area contributed by atoms with E-state index in [4.69, 9.17) is 4.42 Å². The third kappa shape index (κ3) is 7.62. The summed E-state index contributed by atoms with van der Waals surface area (Å²) < 4.78 is 5.80. The number of fused-ring (bicyclic) bond motifs is 1. The number of aliphatic hydroxyl groups excluding tert-OH is 1. The maximum absolute atomic E-state index is 13.4. The Hall–Kier alpha value is -2.87. The van der Waals surface area contributed by atoms with Crippen molar-refractivity contribution < 1.29 is 23.9 Å². The average molecular weight is 540 g/mol. The predicted molar refractivity (Wildman–Crippen MR) is 151 cm³/mol. The number of aryl methyl sites for hydroxylation is 1. The smallest absolute Gasteiger partial charge is 0.287 e. The lowest BCUT2D eigenvalue weighted by molar-refractivity contribution is -0.132. The van der Waals surface area contributed by atoms with Crippen molar-refractivity contribution >= 4 is 28.7 Å². The van der Waals surface area contributed by atoms with E-state index in [1.807, 2.05) is 45.0 Å². The Labute approximate surface area is 231 Å². The van der Waals surface area contributed by atoms with Crippen molar-refractivity contribution in [2.45, 2.75) is 103 Å². The number of amides is 3. The van der Waals surface area contributed by atoms with Crippen LogP contribution >= 0.6 is 0 Å². The fourth-order valence-corrected chi connectivity index (χ4v) is 6.10. The summed E-state index contributed by atoms with van der Waals surface area (Å²) in [5.41, 5.74) is 1.36. The van der Waals surface area contributed by atoms with E-state index in [9.17, 15) is 19.5 Å². The number of furan rings is 1. The first kappa shape index (κ1) is 29.1. The summed E-state index contributed by atoms with van der Waals surface area (Å²) in [5, 5.41) is 17.7. The number of nitrogens with one attached hydrogen (secondary N) is 2.